The molecule has 0 radical (unpaired) electrons. The van der Waals surface area contributed by atoms with E-state index in [1.165, 1.54) is 4.31 Å². The average molecular weight is 242 g/mol. The molecule has 0 saturated heterocycles. The molecule has 0 fully saturated rings. The predicted octanol–water partition coefficient (Wildman–Crippen LogP) is 1.92. The van der Waals surface area contributed by atoms with Crippen molar-refractivity contribution < 1.29 is 8.42 Å². The van der Waals surface area contributed by atoms with Gasteiger partial charge in [-0.1, -0.05) is 20.8 Å². The standard InChI is InChI=1S/C9H20ClNO2S/c1-4-11(8-9(2)3)14(12,13)7-5-6-10/h9H,4-8H2,1-3H3. The lowest BCUT2D eigenvalue weighted by Gasteiger charge is -2.22. The first-order chi connectivity index (χ1) is 6.44. The molecule has 14 heavy (non-hydrogen) atoms. The van der Waals surface area contributed by atoms with Crippen LogP contribution in [0.3, 0.4) is 0 Å². The van der Waals surface area contributed by atoms with Crippen molar-refractivity contribution in [3.8, 4) is 0 Å². The molecule has 0 aromatic rings. The summed E-state index contributed by atoms with van der Waals surface area (Å²) in [7, 11) is -3.08. The van der Waals surface area contributed by atoms with Gasteiger partial charge in [0.15, 0.2) is 0 Å². The molecule has 0 rings (SSSR count). The Morgan fingerprint density at radius 2 is 1.93 bits per heavy atom. The summed E-state index contributed by atoms with van der Waals surface area (Å²) in [4.78, 5) is 0. The van der Waals surface area contributed by atoms with E-state index in [4.69, 9.17) is 11.6 Å². The van der Waals surface area contributed by atoms with Gasteiger partial charge < -0.3 is 0 Å². The van der Waals surface area contributed by atoms with Crippen molar-refractivity contribution in [2.75, 3.05) is 24.7 Å². The molecule has 0 spiro atoms. The summed E-state index contributed by atoms with van der Waals surface area (Å²) in [5.74, 6) is 0.927. The Morgan fingerprint density at radius 3 is 2.29 bits per heavy atom. The normalized spacial score (nSPS) is 12.7. The fourth-order valence-electron chi connectivity index (χ4n) is 1.21. The molecule has 5 heteroatoms. The summed E-state index contributed by atoms with van der Waals surface area (Å²) in [6.07, 6.45) is 0.526. The fourth-order valence-corrected chi connectivity index (χ4v) is 3.19. The third-order valence-corrected chi connectivity index (χ3v) is 4.12. The zero-order chi connectivity index (χ0) is 11.2. The van der Waals surface area contributed by atoms with Crippen LogP contribution in [0.2, 0.25) is 0 Å². The van der Waals surface area contributed by atoms with Gasteiger partial charge in [-0.2, -0.15) is 0 Å². The van der Waals surface area contributed by atoms with Gasteiger partial charge in [-0.15, -0.1) is 11.6 Å². The Bertz CT molecular complexity index is 239. The topological polar surface area (TPSA) is 37.4 Å². The quantitative estimate of drug-likeness (QED) is 0.639. The highest BCUT2D eigenvalue weighted by Crippen LogP contribution is 2.07. The number of hydrogen-bond acceptors (Lipinski definition) is 2. The van der Waals surface area contributed by atoms with E-state index >= 15 is 0 Å². The second kappa shape index (κ2) is 6.64. The molecule has 0 unspecified atom stereocenters. The number of alkyl halides is 1. The van der Waals surface area contributed by atoms with E-state index in [0.29, 0.717) is 31.3 Å². The minimum absolute atomic E-state index is 0.164. The molecule has 0 aliphatic heterocycles. The lowest BCUT2D eigenvalue weighted by Crippen LogP contribution is -2.35. The molecule has 0 bridgehead atoms. The van der Waals surface area contributed by atoms with Crippen molar-refractivity contribution in [1.82, 2.24) is 4.31 Å². The molecular formula is C9H20ClNO2S. The molecule has 0 saturated carbocycles. The van der Waals surface area contributed by atoms with Crippen LogP contribution in [0.15, 0.2) is 0 Å². The monoisotopic (exact) mass is 241 g/mol. The minimum Gasteiger partial charge on any atom is -0.212 e. The first-order valence-corrected chi connectivity index (χ1v) is 7.12. The predicted molar refractivity (Wildman–Crippen MR) is 61.2 cm³/mol. The maximum atomic E-state index is 11.7. The Kier molecular flexibility index (Phi) is 6.74. The van der Waals surface area contributed by atoms with Crippen LogP contribution in [-0.2, 0) is 10.0 Å². The molecule has 0 heterocycles. The lowest BCUT2D eigenvalue weighted by atomic mass is 10.2. The van der Waals surface area contributed by atoms with E-state index in [1.54, 1.807) is 0 Å². The Labute approximate surface area is 92.5 Å². The second-order valence-electron chi connectivity index (χ2n) is 3.70. The van der Waals surface area contributed by atoms with Crippen molar-refractivity contribution in [3.05, 3.63) is 0 Å². The van der Waals surface area contributed by atoms with E-state index in [1.807, 2.05) is 20.8 Å². The summed E-state index contributed by atoms with van der Waals surface area (Å²) in [6.45, 7) is 7.03. The summed E-state index contributed by atoms with van der Waals surface area (Å²) in [6, 6.07) is 0. The fraction of sp³-hybridized carbons (Fsp3) is 1.00. The van der Waals surface area contributed by atoms with Crippen molar-refractivity contribution in [2.24, 2.45) is 5.92 Å². The lowest BCUT2D eigenvalue weighted by molar-refractivity contribution is 0.380. The Balaban J connectivity index is 4.34. The van der Waals surface area contributed by atoms with Gasteiger partial charge in [0.05, 0.1) is 5.75 Å². The molecule has 86 valence electrons. The molecule has 0 amide bonds. The zero-order valence-corrected chi connectivity index (χ0v) is 10.7. The highest BCUT2D eigenvalue weighted by Gasteiger charge is 2.20. The highest BCUT2D eigenvalue weighted by molar-refractivity contribution is 7.89. The molecule has 0 N–H and O–H groups in total. The van der Waals surface area contributed by atoms with Crippen LogP contribution in [0, 0.1) is 5.92 Å². The molecule has 0 atom stereocenters. The van der Waals surface area contributed by atoms with E-state index in [-0.39, 0.29) is 5.75 Å². The summed E-state index contributed by atoms with van der Waals surface area (Å²) in [5, 5.41) is 0. The number of halogens is 1. The van der Waals surface area contributed by atoms with Crippen LogP contribution < -0.4 is 0 Å². The maximum absolute atomic E-state index is 11.7. The molecule has 3 nitrogen and oxygen atoms in total. The van der Waals surface area contributed by atoms with Gasteiger partial charge in [0.2, 0.25) is 10.0 Å². The van der Waals surface area contributed by atoms with Crippen LogP contribution in [-0.4, -0.2) is 37.4 Å². The zero-order valence-electron chi connectivity index (χ0n) is 9.16. The third kappa shape index (κ3) is 5.17. The second-order valence-corrected chi connectivity index (χ2v) is 6.17. The van der Waals surface area contributed by atoms with E-state index in [2.05, 4.69) is 0 Å². The van der Waals surface area contributed by atoms with E-state index < -0.39 is 10.0 Å². The van der Waals surface area contributed by atoms with Crippen molar-refractivity contribution in [1.29, 1.82) is 0 Å². The van der Waals surface area contributed by atoms with Gasteiger partial charge in [0, 0.05) is 19.0 Å². The van der Waals surface area contributed by atoms with Crippen molar-refractivity contribution >= 4 is 21.6 Å². The smallest absolute Gasteiger partial charge is 0.212 e. The maximum Gasteiger partial charge on any atom is 0.214 e. The van der Waals surface area contributed by atoms with Crippen LogP contribution in [0.25, 0.3) is 0 Å². The summed E-state index contributed by atoms with van der Waals surface area (Å²) < 4.78 is 25.0. The number of rotatable bonds is 7. The first-order valence-electron chi connectivity index (χ1n) is 4.97. The van der Waals surface area contributed by atoms with Crippen LogP contribution in [0.4, 0.5) is 0 Å². The third-order valence-electron chi connectivity index (χ3n) is 1.85. The molecule has 0 aliphatic carbocycles. The molecule has 0 aromatic heterocycles. The van der Waals surface area contributed by atoms with Crippen molar-refractivity contribution in [3.63, 3.8) is 0 Å². The number of hydrogen-bond donors (Lipinski definition) is 0. The SMILES string of the molecule is CCN(CC(C)C)S(=O)(=O)CCCCl. The van der Waals surface area contributed by atoms with Gasteiger partial charge in [-0.25, -0.2) is 12.7 Å². The van der Waals surface area contributed by atoms with Crippen LogP contribution >= 0.6 is 11.6 Å². The molecule has 0 aromatic carbocycles. The molecular weight excluding hydrogens is 222 g/mol. The Morgan fingerprint density at radius 1 is 1.36 bits per heavy atom. The minimum atomic E-state index is -3.08. The van der Waals surface area contributed by atoms with Crippen molar-refractivity contribution in [2.45, 2.75) is 27.2 Å². The Hall–Kier alpha value is 0.200. The number of nitrogens with zero attached hydrogens (tertiary/aromatic N) is 1. The highest BCUT2D eigenvalue weighted by atomic mass is 35.5. The largest absolute Gasteiger partial charge is 0.214 e. The van der Waals surface area contributed by atoms with Crippen LogP contribution in [0.5, 0.6) is 0 Å². The van der Waals surface area contributed by atoms with E-state index in [0.717, 1.165) is 0 Å². The van der Waals surface area contributed by atoms with Crippen LogP contribution in [0.1, 0.15) is 27.2 Å². The van der Waals surface area contributed by atoms with Gasteiger partial charge >= 0.3 is 0 Å². The summed E-state index contributed by atoms with van der Waals surface area (Å²) in [5.41, 5.74) is 0. The number of sulfonamides is 1. The summed E-state index contributed by atoms with van der Waals surface area (Å²) >= 11 is 5.48. The van der Waals surface area contributed by atoms with E-state index in [9.17, 15) is 8.42 Å². The van der Waals surface area contributed by atoms with Gasteiger partial charge in [-0.05, 0) is 12.3 Å². The first kappa shape index (κ1) is 14.2. The van der Waals surface area contributed by atoms with Gasteiger partial charge in [0.1, 0.15) is 0 Å². The molecule has 0 aliphatic rings. The van der Waals surface area contributed by atoms with Gasteiger partial charge in [-0.3, -0.25) is 0 Å². The van der Waals surface area contributed by atoms with Gasteiger partial charge in [0.25, 0.3) is 0 Å². The average Bonchev–Trinajstić information content (AvgIpc) is 2.10.